The number of benzene rings is 1. The molecule has 0 radical (unpaired) electrons. The van der Waals surface area contributed by atoms with Crippen LogP contribution in [0, 0.1) is 18.6 Å². The molecule has 6 nitrogen and oxygen atoms in total. The van der Waals surface area contributed by atoms with Crippen molar-refractivity contribution in [1.82, 2.24) is 20.4 Å². The molecule has 1 aromatic carbocycles. The molecule has 0 spiro atoms. The lowest BCUT2D eigenvalue weighted by molar-refractivity contribution is -0.136. The van der Waals surface area contributed by atoms with Crippen molar-refractivity contribution in [2.75, 3.05) is 6.54 Å². The van der Waals surface area contributed by atoms with E-state index in [1.807, 2.05) is 0 Å². The quantitative estimate of drug-likeness (QED) is 0.905. The molecule has 8 heteroatoms. The van der Waals surface area contributed by atoms with Gasteiger partial charge in [-0.1, -0.05) is 6.07 Å². The van der Waals surface area contributed by atoms with E-state index < -0.39 is 23.6 Å². The first-order chi connectivity index (χ1) is 12.4. The summed E-state index contributed by atoms with van der Waals surface area (Å²) in [6, 6.07) is 4.17. The number of piperidine rings is 1. The molecule has 2 heterocycles. The maximum Gasteiger partial charge on any atom is 0.253 e. The van der Waals surface area contributed by atoms with E-state index >= 15 is 0 Å². The molecule has 2 amide bonds. The highest BCUT2D eigenvalue weighted by Gasteiger charge is 2.30. The minimum atomic E-state index is -0.692. The second kappa shape index (κ2) is 7.55. The Morgan fingerprint density at radius 3 is 2.88 bits per heavy atom. The summed E-state index contributed by atoms with van der Waals surface area (Å²) in [5.41, 5.74) is 1.16. The number of hydrogen-bond acceptors (Lipinski definition) is 4. The topological polar surface area (TPSA) is 75.2 Å². The zero-order chi connectivity index (χ0) is 18.7. The zero-order valence-corrected chi connectivity index (χ0v) is 14.2. The van der Waals surface area contributed by atoms with E-state index in [0.29, 0.717) is 30.6 Å². The fourth-order valence-electron chi connectivity index (χ4n) is 2.93. The standard InChI is InChI=1S/C18H18F2N4O2/c1-11-7-13(9-21-23-11)17(25)22-16-3-2-6-24(18(16)26)10-12-4-5-14(19)8-15(12)20/h4-5,7-9,16H,2-3,6,10H2,1H3,(H,22,25). The Balaban J connectivity index is 1.68. The third-order valence-corrected chi connectivity index (χ3v) is 4.25. The van der Waals surface area contributed by atoms with E-state index in [-0.39, 0.29) is 18.0 Å². The highest BCUT2D eigenvalue weighted by atomic mass is 19.1. The number of amides is 2. The lowest BCUT2D eigenvalue weighted by atomic mass is 10.0. The van der Waals surface area contributed by atoms with Crippen molar-refractivity contribution in [3.05, 3.63) is 58.9 Å². The van der Waals surface area contributed by atoms with Gasteiger partial charge in [-0.05, 0) is 31.9 Å². The minimum absolute atomic E-state index is 0.0350. The van der Waals surface area contributed by atoms with E-state index in [2.05, 4.69) is 15.5 Å². The van der Waals surface area contributed by atoms with Crippen LogP contribution in [0.5, 0.6) is 0 Å². The third-order valence-electron chi connectivity index (χ3n) is 4.25. The van der Waals surface area contributed by atoms with Crippen LogP contribution in [-0.2, 0) is 11.3 Å². The van der Waals surface area contributed by atoms with Gasteiger partial charge in [-0.3, -0.25) is 9.59 Å². The van der Waals surface area contributed by atoms with Crippen molar-refractivity contribution in [3.8, 4) is 0 Å². The van der Waals surface area contributed by atoms with Crippen molar-refractivity contribution in [2.45, 2.75) is 32.4 Å². The molecule has 1 aliphatic heterocycles. The van der Waals surface area contributed by atoms with Crippen molar-refractivity contribution in [1.29, 1.82) is 0 Å². The van der Waals surface area contributed by atoms with E-state index in [9.17, 15) is 18.4 Å². The van der Waals surface area contributed by atoms with Crippen molar-refractivity contribution >= 4 is 11.8 Å². The van der Waals surface area contributed by atoms with Gasteiger partial charge in [0.1, 0.15) is 17.7 Å². The van der Waals surface area contributed by atoms with Crippen LogP contribution < -0.4 is 5.32 Å². The summed E-state index contributed by atoms with van der Waals surface area (Å²) in [7, 11) is 0. The maximum absolute atomic E-state index is 13.8. The van der Waals surface area contributed by atoms with Crippen LogP contribution in [-0.4, -0.2) is 39.5 Å². The van der Waals surface area contributed by atoms with Gasteiger partial charge in [0.05, 0.1) is 17.5 Å². The number of aromatic nitrogens is 2. The molecular formula is C18H18F2N4O2. The van der Waals surface area contributed by atoms with Crippen LogP contribution in [0.1, 0.15) is 34.5 Å². The molecule has 1 fully saturated rings. The Bertz CT molecular complexity index is 844. The molecule has 26 heavy (non-hydrogen) atoms. The number of nitrogens with one attached hydrogen (secondary N) is 1. The first kappa shape index (κ1) is 17.9. The van der Waals surface area contributed by atoms with Crippen molar-refractivity contribution in [3.63, 3.8) is 0 Å². The lowest BCUT2D eigenvalue weighted by Gasteiger charge is -2.32. The predicted molar refractivity (Wildman–Crippen MR) is 89.0 cm³/mol. The van der Waals surface area contributed by atoms with Gasteiger partial charge in [0, 0.05) is 24.7 Å². The average molecular weight is 360 g/mol. The second-order valence-electron chi connectivity index (χ2n) is 6.25. The largest absolute Gasteiger partial charge is 0.340 e. The number of carbonyl (C=O) groups excluding carboxylic acids is 2. The fourth-order valence-corrected chi connectivity index (χ4v) is 2.93. The van der Waals surface area contributed by atoms with Crippen LogP contribution in [0.25, 0.3) is 0 Å². The van der Waals surface area contributed by atoms with Crippen LogP contribution in [0.4, 0.5) is 8.78 Å². The fraction of sp³-hybridized carbons (Fsp3) is 0.333. The molecule has 1 aliphatic rings. The van der Waals surface area contributed by atoms with E-state index in [1.165, 1.54) is 17.2 Å². The Kier molecular flexibility index (Phi) is 5.20. The Labute approximate surface area is 149 Å². The summed E-state index contributed by atoms with van der Waals surface area (Å²) in [6.45, 7) is 2.21. The summed E-state index contributed by atoms with van der Waals surface area (Å²) in [5.74, 6) is -2.05. The predicted octanol–water partition coefficient (Wildman–Crippen LogP) is 1.98. The molecule has 1 N–H and O–H groups in total. The Morgan fingerprint density at radius 2 is 2.15 bits per heavy atom. The highest BCUT2D eigenvalue weighted by molar-refractivity contribution is 5.97. The summed E-state index contributed by atoms with van der Waals surface area (Å²) in [5, 5.41) is 10.2. The van der Waals surface area contributed by atoms with Gasteiger partial charge in [-0.15, -0.1) is 0 Å². The second-order valence-corrected chi connectivity index (χ2v) is 6.25. The number of halogens is 2. The van der Waals surface area contributed by atoms with Crippen LogP contribution in [0.2, 0.25) is 0 Å². The summed E-state index contributed by atoms with van der Waals surface area (Å²) >= 11 is 0. The Morgan fingerprint density at radius 1 is 1.35 bits per heavy atom. The van der Waals surface area contributed by atoms with Gasteiger partial charge >= 0.3 is 0 Å². The third kappa shape index (κ3) is 4.01. The van der Waals surface area contributed by atoms with Gasteiger partial charge in [0.25, 0.3) is 5.91 Å². The number of aryl methyl sites for hydroxylation is 1. The molecule has 0 bridgehead atoms. The van der Waals surface area contributed by atoms with Crippen molar-refractivity contribution in [2.24, 2.45) is 0 Å². The SMILES string of the molecule is Cc1cc(C(=O)NC2CCCN(Cc3ccc(F)cc3F)C2=O)cnn1. The van der Waals surface area contributed by atoms with Gasteiger partial charge < -0.3 is 10.2 Å². The van der Waals surface area contributed by atoms with E-state index in [1.54, 1.807) is 13.0 Å². The first-order valence-corrected chi connectivity index (χ1v) is 8.27. The summed E-state index contributed by atoms with van der Waals surface area (Å²) < 4.78 is 26.9. The molecule has 0 saturated carbocycles. The van der Waals surface area contributed by atoms with Gasteiger partial charge in [0.2, 0.25) is 5.91 Å². The molecule has 1 aromatic heterocycles. The maximum atomic E-state index is 13.8. The molecule has 1 atom stereocenters. The van der Waals surface area contributed by atoms with E-state index in [4.69, 9.17) is 0 Å². The van der Waals surface area contributed by atoms with Gasteiger partial charge in [0.15, 0.2) is 0 Å². The molecule has 136 valence electrons. The lowest BCUT2D eigenvalue weighted by Crippen LogP contribution is -2.52. The number of carbonyl (C=O) groups is 2. The normalized spacial score (nSPS) is 17.3. The summed E-state index contributed by atoms with van der Waals surface area (Å²) in [6.07, 6.45) is 2.51. The highest BCUT2D eigenvalue weighted by Crippen LogP contribution is 2.18. The van der Waals surface area contributed by atoms with Crippen LogP contribution in [0.3, 0.4) is 0 Å². The number of hydrogen-bond donors (Lipinski definition) is 1. The van der Waals surface area contributed by atoms with Crippen LogP contribution >= 0.6 is 0 Å². The smallest absolute Gasteiger partial charge is 0.253 e. The minimum Gasteiger partial charge on any atom is -0.340 e. The van der Waals surface area contributed by atoms with Crippen LogP contribution in [0.15, 0.2) is 30.5 Å². The van der Waals surface area contributed by atoms with Gasteiger partial charge in [-0.2, -0.15) is 10.2 Å². The molecule has 1 unspecified atom stereocenters. The number of likely N-dealkylation sites (tertiary alicyclic amines) is 1. The molecule has 2 aromatic rings. The zero-order valence-electron chi connectivity index (χ0n) is 14.2. The number of rotatable bonds is 4. The Hall–Kier alpha value is -2.90. The van der Waals surface area contributed by atoms with Gasteiger partial charge in [-0.25, -0.2) is 8.78 Å². The van der Waals surface area contributed by atoms with Crippen molar-refractivity contribution < 1.29 is 18.4 Å². The number of nitrogens with zero attached hydrogens (tertiary/aromatic N) is 3. The average Bonchev–Trinajstić information content (AvgIpc) is 2.60. The monoisotopic (exact) mass is 360 g/mol. The molecule has 0 aliphatic carbocycles. The summed E-state index contributed by atoms with van der Waals surface area (Å²) in [4.78, 5) is 26.4. The molecule has 1 saturated heterocycles. The molecule has 3 rings (SSSR count). The molecular weight excluding hydrogens is 342 g/mol. The van der Waals surface area contributed by atoms with E-state index in [0.717, 1.165) is 12.1 Å². The first-order valence-electron chi connectivity index (χ1n) is 8.27.